The lowest BCUT2D eigenvalue weighted by atomic mass is 10.2. The third-order valence-corrected chi connectivity index (χ3v) is 4.26. The number of carbonyl (C=O) groups is 1. The lowest BCUT2D eigenvalue weighted by Crippen LogP contribution is -2.21. The summed E-state index contributed by atoms with van der Waals surface area (Å²) in [6.07, 6.45) is 1.75. The molecule has 0 bridgehead atoms. The zero-order chi connectivity index (χ0) is 15.4. The van der Waals surface area contributed by atoms with Gasteiger partial charge in [0.25, 0.3) is 5.91 Å². The van der Waals surface area contributed by atoms with Crippen LogP contribution >= 0.6 is 23.4 Å². The first-order chi connectivity index (χ1) is 10.7. The van der Waals surface area contributed by atoms with Crippen molar-refractivity contribution in [2.24, 2.45) is 4.99 Å². The SMILES string of the molecule is O=C1NC(SCc2ccccc2)=N/C1=C\c1ccc(Cl)cc1. The van der Waals surface area contributed by atoms with Gasteiger partial charge >= 0.3 is 0 Å². The summed E-state index contributed by atoms with van der Waals surface area (Å²) in [6.45, 7) is 0. The molecule has 3 rings (SSSR count). The van der Waals surface area contributed by atoms with Crippen molar-refractivity contribution in [1.29, 1.82) is 0 Å². The molecule has 22 heavy (non-hydrogen) atoms. The number of nitrogens with zero attached hydrogens (tertiary/aromatic N) is 1. The van der Waals surface area contributed by atoms with E-state index in [1.807, 2.05) is 30.3 Å². The van der Waals surface area contributed by atoms with Crippen molar-refractivity contribution in [3.8, 4) is 0 Å². The third kappa shape index (κ3) is 3.78. The number of carbonyl (C=O) groups excluding carboxylic acids is 1. The predicted molar refractivity (Wildman–Crippen MR) is 92.7 cm³/mol. The standard InChI is InChI=1S/C17H13ClN2OS/c18-14-8-6-12(7-9-14)10-15-16(21)20-17(19-15)22-11-13-4-2-1-3-5-13/h1-10H,11H2,(H,19,20,21)/b15-10-. The van der Waals surface area contributed by atoms with Gasteiger partial charge in [-0.3, -0.25) is 10.1 Å². The van der Waals surface area contributed by atoms with E-state index in [9.17, 15) is 4.79 Å². The number of halogens is 1. The van der Waals surface area contributed by atoms with Gasteiger partial charge in [0.05, 0.1) is 0 Å². The molecule has 2 aromatic rings. The fraction of sp³-hybridized carbons (Fsp3) is 0.0588. The fourth-order valence-electron chi connectivity index (χ4n) is 1.96. The molecule has 0 radical (unpaired) electrons. The van der Waals surface area contributed by atoms with Crippen LogP contribution in [0.4, 0.5) is 0 Å². The van der Waals surface area contributed by atoms with Gasteiger partial charge in [0.2, 0.25) is 0 Å². The second-order valence-electron chi connectivity index (χ2n) is 4.73. The van der Waals surface area contributed by atoms with Crippen molar-refractivity contribution < 1.29 is 4.79 Å². The Hall–Kier alpha value is -2.04. The number of benzene rings is 2. The number of thioether (sulfide) groups is 1. The van der Waals surface area contributed by atoms with Crippen molar-refractivity contribution in [3.63, 3.8) is 0 Å². The van der Waals surface area contributed by atoms with Crippen LogP contribution < -0.4 is 5.32 Å². The van der Waals surface area contributed by atoms with Crippen LogP contribution in [-0.4, -0.2) is 11.1 Å². The van der Waals surface area contributed by atoms with Gasteiger partial charge in [-0.2, -0.15) is 0 Å². The minimum atomic E-state index is -0.175. The first-order valence-corrected chi connectivity index (χ1v) is 8.11. The number of hydrogen-bond acceptors (Lipinski definition) is 3. The van der Waals surface area contributed by atoms with Crippen molar-refractivity contribution >= 4 is 40.5 Å². The second-order valence-corrected chi connectivity index (χ2v) is 6.13. The van der Waals surface area contributed by atoms with Gasteiger partial charge < -0.3 is 0 Å². The molecule has 1 aliphatic heterocycles. The van der Waals surface area contributed by atoms with E-state index in [4.69, 9.17) is 11.6 Å². The number of rotatable bonds is 3. The van der Waals surface area contributed by atoms with Crippen LogP contribution in [-0.2, 0) is 10.5 Å². The molecule has 0 fully saturated rings. The summed E-state index contributed by atoms with van der Waals surface area (Å²) in [4.78, 5) is 16.3. The summed E-state index contributed by atoms with van der Waals surface area (Å²) in [7, 11) is 0. The molecule has 1 N–H and O–H groups in total. The van der Waals surface area contributed by atoms with Gasteiger partial charge in [0.15, 0.2) is 5.17 Å². The first kappa shape index (κ1) is 14.9. The molecule has 0 saturated carbocycles. The van der Waals surface area contributed by atoms with E-state index in [0.29, 0.717) is 15.9 Å². The molecule has 110 valence electrons. The first-order valence-electron chi connectivity index (χ1n) is 6.75. The van der Waals surface area contributed by atoms with Gasteiger partial charge in [0, 0.05) is 10.8 Å². The lowest BCUT2D eigenvalue weighted by molar-refractivity contribution is -0.115. The van der Waals surface area contributed by atoms with Gasteiger partial charge in [-0.1, -0.05) is 65.8 Å². The van der Waals surface area contributed by atoms with Gasteiger partial charge in [-0.25, -0.2) is 4.99 Å². The summed E-state index contributed by atoms with van der Waals surface area (Å²) in [6, 6.07) is 17.4. The van der Waals surface area contributed by atoms with Crippen LogP contribution in [0.5, 0.6) is 0 Å². The lowest BCUT2D eigenvalue weighted by Gasteiger charge is -2.00. The molecule has 1 aliphatic rings. The molecule has 0 atom stereocenters. The Morgan fingerprint density at radius 1 is 1.09 bits per heavy atom. The van der Waals surface area contributed by atoms with E-state index in [-0.39, 0.29) is 5.91 Å². The number of nitrogens with one attached hydrogen (secondary N) is 1. The Labute approximate surface area is 138 Å². The fourth-order valence-corrected chi connectivity index (χ4v) is 2.91. The number of amidine groups is 1. The van der Waals surface area contributed by atoms with Crippen molar-refractivity contribution in [2.75, 3.05) is 0 Å². The molecule has 1 amide bonds. The Bertz CT molecular complexity index is 739. The number of aliphatic imine (C=N–C) groups is 1. The zero-order valence-corrected chi connectivity index (χ0v) is 13.2. The normalized spacial score (nSPS) is 15.8. The second kappa shape index (κ2) is 6.81. The molecule has 1 heterocycles. The van der Waals surface area contributed by atoms with Crippen LogP contribution in [0.2, 0.25) is 5.02 Å². The molecule has 2 aromatic carbocycles. The maximum Gasteiger partial charge on any atom is 0.275 e. The predicted octanol–water partition coefficient (Wildman–Crippen LogP) is 4.10. The van der Waals surface area contributed by atoms with Crippen LogP contribution in [0.3, 0.4) is 0 Å². The van der Waals surface area contributed by atoms with Crippen molar-refractivity contribution in [2.45, 2.75) is 5.75 Å². The summed E-state index contributed by atoms with van der Waals surface area (Å²) < 4.78 is 0. The Balaban J connectivity index is 1.70. The Morgan fingerprint density at radius 2 is 1.82 bits per heavy atom. The summed E-state index contributed by atoms with van der Waals surface area (Å²) in [5, 5.41) is 4.09. The highest BCUT2D eigenvalue weighted by atomic mass is 35.5. The minimum Gasteiger partial charge on any atom is -0.300 e. The highest BCUT2D eigenvalue weighted by molar-refractivity contribution is 8.13. The van der Waals surface area contributed by atoms with Crippen molar-refractivity contribution in [1.82, 2.24) is 5.32 Å². The molecule has 0 aromatic heterocycles. The summed E-state index contributed by atoms with van der Waals surface area (Å²) >= 11 is 7.36. The molecule has 0 aliphatic carbocycles. The van der Waals surface area contributed by atoms with Gasteiger partial charge in [-0.05, 0) is 29.3 Å². The van der Waals surface area contributed by atoms with Gasteiger partial charge in [-0.15, -0.1) is 0 Å². The number of hydrogen-bond donors (Lipinski definition) is 1. The van der Waals surface area contributed by atoms with Crippen LogP contribution in [0.1, 0.15) is 11.1 Å². The number of amides is 1. The quantitative estimate of drug-likeness (QED) is 0.862. The zero-order valence-electron chi connectivity index (χ0n) is 11.6. The summed E-state index contributed by atoms with van der Waals surface area (Å²) in [5.41, 5.74) is 2.50. The maximum absolute atomic E-state index is 11.9. The van der Waals surface area contributed by atoms with Crippen molar-refractivity contribution in [3.05, 3.63) is 76.4 Å². The molecule has 0 saturated heterocycles. The molecule has 0 unspecified atom stereocenters. The smallest absolute Gasteiger partial charge is 0.275 e. The molecule has 3 nitrogen and oxygen atoms in total. The van der Waals surface area contributed by atoms with E-state index in [1.54, 1.807) is 18.2 Å². The summed E-state index contributed by atoms with van der Waals surface area (Å²) in [5.74, 6) is 0.597. The van der Waals surface area contributed by atoms with E-state index in [2.05, 4.69) is 22.4 Å². The van der Waals surface area contributed by atoms with E-state index >= 15 is 0 Å². The van der Waals surface area contributed by atoms with Crippen LogP contribution in [0.25, 0.3) is 6.08 Å². The van der Waals surface area contributed by atoms with Crippen LogP contribution in [0.15, 0.2) is 65.3 Å². The minimum absolute atomic E-state index is 0.175. The maximum atomic E-state index is 11.9. The van der Waals surface area contributed by atoms with E-state index in [1.165, 1.54) is 17.3 Å². The van der Waals surface area contributed by atoms with Gasteiger partial charge in [0.1, 0.15) is 5.70 Å². The average molecular weight is 329 g/mol. The topological polar surface area (TPSA) is 41.5 Å². The molecule has 0 spiro atoms. The molecular weight excluding hydrogens is 316 g/mol. The average Bonchev–Trinajstić information content (AvgIpc) is 2.89. The highest BCUT2D eigenvalue weighted by Gasteiger charge is 2.20. The molecular formula is C17H13ClN2OS. The monoisotopic (exact) mass is 328 g/mol. The largest absolute Gasteiger partial charge is 0.300 e. The highest BCUT2D eigenvalue weighted by Crippen LogP contribution is 2.20. The van der Waals surface area contributed by atoms with E-state index in [0.717, 1.165) is 11.3 Å². The Kier molecular flexibility index (Phi) is 4.61. The van der Waals surface area contributed by atoms with E-state index < -0.39 is 0 Å². The third-order valence-electron chi connectivity index (χ3n) is 3.07. The Morgan fingerprint density at radius 3 is 2.55 bits per heavy atom. The van der Waals surface area contributed by atoms with Crippen LogP contribution in [0, 0.1) is 0 Å². The molecule has 5 heteroatoms.